The average Bonchev–Trinajstić information content (AvgIpc) is 2.28. The lowest BCUT2D eigenvalue weighted by Gasteiger charge is -2.32. The average molecular weight is 226 g/mol. The summed E-state index contributed by atoms with van der Waals surface area (Å²) in [6, 6.07) is 4.54. The fourth-order valence-electron chi connectivity index (χ4n) is 1.69. The molecular formula is C11H15FN2O2. The van der Waals surface area contributed by atoms with E-state index in [-0.39, 0.29) is 0 Å². The summed E-state index contributed by atoms with van der Waals surface area (Å²) >= 11 is 0. The van der Waals surface area contributed by atoms with Gasteiger partial charge in [0.1, 0.15) is 5.82 Å². The molecule has 1 saturated heterocycles. The van der Waals surface area contributed by atoms with Crippen molar-refractivity contribution < 1.29 is 14.2 Å². The van der Waals surface area contributed by atoms with Crippen molar-refractivity contribution in [2.45, 2.75) is 18.4 Å². The van der Waals surface area contributed by atoms with E-state index in [4.69, 9.17) is 4.74 Å². The monoisotopic (exact) mass is 226 g/mol. The highest BCUT2D eigenvalue weighted by atomic mass is 19.1. The van der Waals surface area contributed by atoms with Crippen molar-refractivity contribution in [1.82, 2.24) is 4.98 Å². The molecule has 1 aromatic heterocycles. The first-order valence-corrected chi connectivity index (χ1v) is 5.35. The molecule has 0 amide bonds. The van der Waals surface area contributed by atoms with Crippen LogP contribution in [-0.2, 0) is 4.74 Å². The molecule has 2 heterocycles. The summed E-state index contributed by atoms with van der Waals surface area (Å²) in [6.45, 7) is 1.50. The first-order valence-electron chi connectivity index (χ1n) is 5.35. The van der Waals surface area contributed by atoms with Crippen LogP contribution in [0.25, 0.3) is 0 Å². The number of anilines is 1. The van der Waals surface area contributed by atoms with Crippen molar-refractivity contribution in [3.05, 3.63) is 24.1 Å². The van der Waals surface area contributed by atoms with Crippen LogP contribution in [-0.4, -0.2) is 35.5 Å². The number of hydrogen-bond acceptors (Lipinski definition) is 4. The van der Waals surface area contributed by atoms with E-state index in [0.717, 1.165) is 0 Å². The molecule has 0 saturated carbocycles. The Kier molecular flexibility index (Phi) is 3.36. The number of hydrogen-bond donors (Lipinski definition) is 2. The van der Waals surface area contributed by atoms with Crippen molar-refractivity contribution in [3.8, 4) is 0 Å². The predicted octanol–water partition coefficient (Wildman–Crippen LogP) is 1.17. The molecule has 1 aliphatic heterocycles. The molecule has 0 atom stereocenters. The third-order valence-electron chi connectivity index (χ3n) is 2.74. The van der Waals surface area contributed by atoms with Gasteiger partial charge in [-0.1, -0.05) is 6.07 Å². The summed E-state index contributed by atoms with van der Waals surface area (Å²) in [5.74, 6) is -0.0797. The summed E-state index contributed by atoms with van der Waals surface area (Å²) in [5, 5.41) is 13.1. The lowest BCUT2D eigenvalue weighted by atomic mass is 9.94. The molecule has 1 fully saturated rings. The second-order valence-electron chi connectivity index (χ2n) is 4.04. The minimum Gasteiger partial charge on any atom is -0.388 e. The van der Waals surface area contributed by atoms with Crippen molar-refractivity contribution in [1.29, 1.82) is 0 Å². The minimum absolute atomic E-state index is 0.368. The maximum atomic E-state index is 12.8. The number of nitrogens with one attached hydrogen (secondary N) is 1. The van der Waals surface area contributed by atoms with E-state index in [1.165, 1.54) is 6.07 Å². The molecular weight excluding hydrogens is 211 g/mol. The molecule has 0 aliphatic carbocycles. The van der Waals surface area contributed by atoms with Gasteiger partial charge in [0.2, 0.25) is 5.95 Å². The molecule has 1 aliphatic rings. The van der Waals surface area contributed by atoms with Crippen LogP contribution >= 0.6 is 0 Å². The molecule has 2 rings (SSSR count). The molecule has 5 heteroatoms. The molecule has 0 unspecified atom stereocenters. The molecule has 88 valence electrons. The van der Waals surface area contributed by atoms with Gasteiger partial charge in [-0.3, -0.25) is 0 Å². The van der Waals surface area contributed by atoms with Gasteiger partial charge in [-0.25, -0.2) is 4.98 Å². The minimum atomic E-state index is -0.772. The SMILES string of the molecule is OC1(CNc2cccc(F)n2)CCOCC1. The third-order valence-corrected chi connectivity index (χ3v) is 2.74. The van der Waals surface area contributed by atoms with E-state index in [1.54, 1.807) is 12.1 Å². The highest BCUT2D eigenvalue weighted by molar-refractivity contribution is 5.34. The standard InChI is InChI=1S/C11H15FN2O2/c12-9-2-1-3-10(14-9)13-8-11(15)4-6-16-7-5-11/h1-3,15H,4-8H2,(H,13,14). The Hall–Kier alpha value is -1.20. The van der Waals surface area contributed by atoms with E-state index in [0.29, 0.717) is 38.4 Å². The lowest BCUT2D eigenvalue weighted by Crippen LogP contribution is -2.42. The highest BCUT2D eigenvalue weighted by Gasteiger charge is 2.29. The molecule has 0 aromatic carbocycles. The zero-order chi connectivity index (χ0) is 11.4. The Morgan fingerprint density at radius 3 is 2.88 bits per heavy atom. The summed E-state index contributed by atoms with van der Waals surface area (Å²) in [4.78, 5) is 3.67. The van der Waals surface area contributed by atoms with E-state index in [1.807, 2.05) is 0 Å². The Bertz CT molecular complexity index is 354. The van der Waals surface area contributed by atoms with Gasteiger partial charge in [0, 0.05) is 32.6 Å². The summed E-state index contributed by atoms with van der Waals surface area (Å²) in [5.41, 5.74) is -0.772. The van der Waals surface area contributed by atoms with Crippen LogP contribution in [0.5, 0.6) is 0 Å². The molecule has 1 aromatic rings. The Morgan fingerprint density at radius 2 is 2.19 bits per heavy atom. The molecule has 2 N–H and O–H groups in total. The second kappa shape index (κ2) is 4.76. The summed E-state index contributed by atoms with van der Waals surface area (Å²) in [7, 11) is 0. The van der Waals surface area contributed by atoms with Gasteiger partial charge < -0.3 is 15.2 Å². The third kappa shape index (κ3) is 2.90. The lowest BCUT2D eigenvalue weighted by molar-refractivity contribution is -0.0543. The van der Waals surface area contributed by atoms with Gasteiger partial charge in [0.25, 0.3) is 0 Å². The fourth-order valence-corrected chi connectivity index (χ4v) is 1.69. The van der Waals surface area contributed by atoms with Crippen LogP contribution in [0.3, 0.4) is 0 Å². The molecule has 0 radical (unpaired) electrons. The largest absolute Gasteiger partial charge is 0.388 e. The maximum Gasteiger partial charge on any atom is 0.214 e. The first-order chi connectivity index (χ1) is 7.68. The van der Waals surface area contributed by atoms with Crippen LogP contribution in [0.2, 0.25) is 0 Å². The van der Waals surface area contributed by atoms with Gasteiger partial charge >= 0.3 is 0 Å². The van der Waals surface area contributed by atoms with Crippen molar-refractivity contribution in [2.75, 3.05) is 25.1 Å². The number of rotatable bonds is 3. The van der Waals surface area contributed by atoms with E-state index < -0.39 is 11.5 Å². The number of halogens is 1. The first kappa shape index (κ1) is 11.3. The Balaban J connectivity index is 1.91. The van der Waals surface area contributed by atoms with Gasteiger partial charge in [-0.2, -0.15) is 4.39 Å². The van der Waals surface area contributed by atoms with Gasteiger partial charge in [0.05, 0.1) is 5.60 Å². The summed E-state index contributed by atoms with van der Waals surface area (Å²) in [6.07, 6.45) is 1.19. The smallest absolute Gasteiger partial charge is 0.214 e. The number of aliphatic hydroxyl groups is 1. The van der Waals surface area contributed by atoms with Crippen LogP contribution < -0.4 is 5.32 Å². The van der Waals surface area contributed by atoms with Crippen molar-refractivity contribution >= 4 is 5.82 Å². The van der Waals surface area contributed by atoms with Gasteiger partial charge in [0.15, 0.2) is 0 Å². The van der Waals surface area contributed by atoms with Gasteiger partial charge in [-0.05, 0) is 12.1 Å². The molecule has 16 heavy (non-hydrogen) atoms. The van der Waals surface area contributed by atoms with Gasteiger partial charge in [-0.15, -0.1) is 0 Å². The highest BCUT2D eigenvalue weighted by Crippen LogP contribution is 2.20. The van der Waals surface area contributed by atoms with E-state index >= 15 is 0 Å². The number of ether oxygens (including phenoxy) is 1. The maximum absolute atomic E-state index is 12.8. The molecule has 4 nitrogen and oxygen atoms in total. The van der Waals surface area contributed by atoms with Crippen LogP contribution in [0, 0.1) is 5.95 Å². The molecule has 0 bridgehead atoms. The van der Waals surface area contributed by atoms with E-state index in [2.05, 4.69) is 10.3 Å². The quantitative estimate of drug-likeness (QED) is 0.760. The van der Waals surface area contributed by atoms with Crippen molar-refractivity contribution in [3.63, 3.8) is 0 Å². The van der Waals surface area contributed by atoms with Crippen LogP contribution in [0.4, 0.5) is 10.2 Å². The predicted molar refractivity (Wildman–Crippen MR) is 57.7 cm³/mol. The van der Waals surface area contributed by atoms with Crippen molar-refractivity contribution in [2.24, 2.45) is 0 Å². The van der Waals surface area contributed by atoms with E-state index in [9.17, 15) is 9.50 Å². The number of nitrogens with zero attached hydrogens (tertiary/aromatic N) is 1. The zero-order valence-electron chi connectivity index (χ0n) is 8.95. The fraction of sp³-hybridized carbons (Fsp3) is 0.545. The normalized spacial score (nSPS) is 19.4. The summed E-state index contributed by atoms with van der Waals surface area (Å²) < 4.78 is 18.0. The number of pyridine rings is 1. The molecule has 0 spiro atoms. The Morgan fingerprint density at radius 1 is 1.44 bits per heavy atom. The van der Waals surface area contributed by atoms with Crippen LogP contribution in [0.15, 0.2) is 18.2 Å². The van der Waals surface area contributed by atoms with Crippen LogP contribution in [0.1, 0.15) is 12.8 Å². The Labute approximate surface area is 93.5 Å². The zero-order valence-corrected chi connectivity index (χ0v) is 8.95. The topological polar surface area (TPSA) is 54.4 Å². The second-order valence-corrected chi connectivity index (χ2v) is 4.04. The number of aromatic nitrogens is 1.